The van der Waals surface area contributed by atoms with Crippen LogP contribution in [-0.2, 0) is 6.42 Å². The van der Waals surface area contributed by atoms with Crippen molar-refractivity contribution in [2.75, 3.05) is 0 Å². The van der Waals surface area contributed by atoms with Crippen LogP contribution in [0.5, 0.6) is 0 Å². The van der Waals surface area contributed by atoms with E-state index in [-0.39, 0.29) is 0 Å². The Morgan fingerprint density at radius 1 is 1.46 bits per heavy atom. The molecule has 0 aliphatic rings. The van der Waals surface area contributed by atoms with Crippen molar-refractivity contribution >= 4 is 17.2 Å². The molecule has 13 heavy (non-hydrogen) atoms. The van der Waals surface area contributed by atoms with Gasteiger partial charge in [-0.15, -0.1) is 5.10 Å². The molecule has 0 aliphatic carbocycles. The van der Waals surface area contributed by atoms with E-state index in [9.17, 15) is 0 Å². The van der Waals surface area contributed by atoms with Crippen molar-refractivity contribution in [3.05, 3.63) is 22.9 Å². The first-order valence-corrected chi connectivity index (χ1v) is 4.47. The second-order valence-electron chi connectivity index (χ2n) is 2.78. The molecule has 0 amide bonds. The normalized spacial score (nSPS) is 11.0. The molecule has 0 fully saturated rings. The van der Waals surface area contributed by atoms with Gasteiger partial charge in [-0.25, -0.2) is 9.97 Å². The number of aromatic nitrogens is 4. The molecular formula is C8H9ClN4. The number of hydrogen-bond donors (Lipinski definition) is 0. The molecule has 2 aromatic heterocycles. The third-order valence-electron chi connectivity index (χ3n) is 1.78. The van der Waals surface area contributed by atoms with E-state index in [1.807, 2.05) is 13.8 Å². The number of rotatable bonds is 1. The Labute approximate surface area is 80.6 Å². The fraction of sp³-hybridized carbons (Fsp3) is 0.375. The Morgan fingerprint density at radius 3 is 2.92 bits per heavy atom. The molecule has 68 valence electrons. The maximum atomic E-state index is 5.82. The predicted molar refractivity (Wildman–Crippen MR) is 49.9 cm³/mol. The standard InChI is InChI=1S/C8H9ClN4/c1-3-7-11-6(9)4-8-10-5(2)12-13(7)8/h4H,3H2,1-2H3. The predicted octanol–water partition coefficient (Wildman–Crippen LogP) is 1.65. The van der Waals surface area contributed by atoms with Crippen LogP contribution in [0.25, 0.3) is 5.65 Å². The molecule has 4 nitrogen and oxygen atoms in total. The topological polar surface area (TPSA) is 43.1 Å². The zero-order chi connectivity index (χ0) is 9.42. The third-order valence-corrected chi connectivity index (χ3v) is 1.98. The molecule has 0 aromatic carbocycles. The zero-order valence-electron chi connectivity index (χ0n) is 7.45. The van der Waals surface area contributed by atoms with Gasteiger partial charge in [0.2, 0.25) is 0 Å². The summed E-state index contributed by atoms with van der Waals surface area (Å²) >= 11 is 5.82. The summed E-state index contributed by atoms with van der Waals surface area (Å²) in [6.07, 6.45) is 0.792. The summed E-state index contributed by atoms with van der Waals surface area (Å²) in [6.45, 7) is 3.86. The van der Waals surface area contributed by atoms with Gasteiger partial charge in [-0.3, -0.25) is 0 Å². The molecule has 0 aliphatic heterocycles. The van der Waals surface area contributed by atoms with Crippen molar-refractivity contribution < 1.29 is 0 Å². The fourth-order valence-electron chi connectivity index (χ4n) is 1.25. The van der Waals surface area contributed by atoms with Gasteiger partial charge in [-0.1, -0.05) is 18.5 Å². The van der Waals surface area contributed by atoms with Crippen LogP contribution in [0, 0.1) is 6.92 Å². The largest absolute Gasteiger partial charge is 0.221 e. The molecule has 5 heteroatoms. The second kappa shape index (κ2) is 2.96. The molecule has 0 saturated carbocycles. The highest BCUT2D eigenvalue weighted by Gasteiger charge is 2.06. The smallest absolute Gasteiger partial charge is 0.160 e. The van der Waals surface area contributed by atoms with Crippen molar-refractivity contribution in [1.82, 2.24) is 19.6 Å². The number of halogens is 1. The Bertz CT molecular complexity index is 449. The van der Waals surface area contributed by atoms with Gasteiger partial charge >= 0.3 is 0 Å². The molecule has 0 spiro atoms. The van der Waals surface area contributed by atoms with Gasteiger partial charge in [0.25, 0.3) is 0 Å². The molecule has 0 bridgehead atoms. The molecule has 0 atom stereocenters. The van der Waals surface area contributed by atoms with Gasteiger partial charge in [0.1, 0.15) is 16.8 Å². The van der Waals surface area contributed by atoms with E-state index >= 15 is 0 Å². The lowest BCUT2D eigenvalue weighted by molar-refractivity contribution is 0.802. The van der Waals surface area contributed by atoms with Gasteiger partial charge < -0.3 is 0 Å². The van der Waals surface area contributed by atoms with Crippen LogP contribution < -0.4 is 0 Å². The van der Waals surface area contributed by atoms with Gasteiger partial charge in [0.15, 0.2) is 5.65 Å². The van der Waals surface area contributed by atoms with Crippen LogP contribution in [-0.4, -0.2) is 19.6 Å². The van der Waals surface area contributed by atoms with Crippen molar-refractivity contribution in [3.63, 3.8) is 0 Å². The molecule has 0 N–H and O–H groups in total. The molecule has 2 heterocycles. The third kappa shape index (κ3) is 1.37. The Hall–Kier alpha value is -1.16. The summed E-state index contributed by atoms with van der Waals surface area (Å²) in [5.41, 5.74) is 0.759. The summed E-state index contributed by atoms with van der Waals surface area (Å²) < 4.78 is 1.72. The van der Waals surface area contributed by atoms with E-state index in [1.165, 1.54) is 0 Å². The average molecular weight is 197 g/mol. The SMILES string of the molecule is CCc1nc(Cl)cc2nc(C)nn12. The van der Waals surface area contributed by atoms with Crippen LogP contribution in [0.15, 0.2) is 6.07 Å². The van der Waals surface area contributed by atoms with Crippen LogP contribution in [0.2, 0.25) is 5.15 Å². The maximum absolute atomic E-state index is 5.82. The van der Waals surface area contributed by atoms with Crippen molar-refractivity contribution in [2.45, 2.75) is 20.3 Å². The lowest BCUT2D eigenvalue weighted by Crippen LogP contribution is -2.01. The maximum Gasteiger partial charge on any atom is 0.160 e. The summed E-state index contributed by atoms with van der Waals surface area (Å²) in [5, 5.41) is 4.68. The van der Waals surface area contributed by atoms with Crippen LogP contribution >= 0.6 is 11.6 Å². The molecule has 2 rings (SSSR count). The molecule has 0 radical (unpaired) electrons. The average Bonchev–Trinajstić information content (AvgIpc) is 2.43. The summed E-state index contributed by atoms with van der Waals surface area (Å²) in [7, 11) is 0. The monoisotopic (exact) mass is 196 g/mol. The second-order valence-corrected chi connectivity index (χ2v) is 3.16. The first kappa shape index (κ1) is 8.44. The van der Waals surface area contributed by atoms with E-state index in [0.717, 1.165) is 23.7 Å². The number of hydrogen-bond acceptors (Lipinski definition) is 3. The van der Waals surface area contributed by atoms with Crippen molar-refractivity contribution in [3.8, 4) is 0 Å². The zero-order valence-corrected chi connectivity index (χ0v) is 8.21. The van der Waals surface area contributed by atoms with E-state index in [1.54, 1.807) is 10.6 Å². The number of aryl methyl sites for hydroxylation is 2. The summed E-state index contributed by atoms with van der Waals surface area (Å²) in [6, 6.07) is 1.71. The lowest BCUT2D eigenvalue weighted by atomic mass is 10.4. The number of fused-ring (bicyclic) bond motifs is 1. The lowest BCUT2D eigenvalue weighted by Gasteiger charge is -1.99. The Morgan fingerprint density at radius 2 is 2.23 bits per heavy atom. The van der Waals surface area contributed by atoms with Crippen molar-refractivity contribution in [2.24, 2.45) is 0 Å². The highest BCUT2D eigenvalue weighted by molar-refractivity contribution is 6.29. The molecule has 0 saturated heterocycles. The van der Waals surface area contributed by atoms with Crippen LogP contribution in [0.1, 0.15) is 18.6 Å². The fourth-order valence-corrected chi connectivity index (χ4v) is 1.45. The Balaban J connectivity index is 2.80. The van der Waals surface area contributed by atoms with E-state index in [4.69, 9.17) is 11.6 Å². The van der Waals surface area contributed by atoms with Gasteiger partial charge in [0, 0.05) is 12.5 Å². The summed E-state index contributed by atoms with van der Waals surface area (Å²) in [4.78, 5) is 8.37. The Kier molecular flexibility index (Phi) is 1.92. The van der Waals surface area contributed by atoms with Crippen LogP contribution in [0.4, 0.5) is 0 Å². The highest BCUT2D eigenvalue weighted by Crippen LogP contribution is 2.10. The van der Waals surface area contributed by atoms with Gasteiger partial charge in [-0.05, 0) is 6.92 Å². The minimum atomic E-state index is 0.469. The quantitative estimate of drug-likeness (QED) is 0.652. The number of nitrogens with zero attached hydrogens (tertiary/aromatic N) is 4. The van der Waals surface area contributed by atoms with E-state index < -0.39 is 0 Å². The van der Waals surface area contributed by atoms with Gasteiger partial charge in [-0.2, -0.15) is 4.52 Å². The minimum Gasteiger partial charge on any atom is -0.221 e. The van der Waals surface area contributed by atoms with E-state index in [0.29, 0.717) is 5.15 Å². The van der Waals surface area contributed by atoms with Gasteiger partial charge in [0.05, 0.1) is 0 Å². The molecule has 2 aromatic rings. The first-order chi connectivity index (χ1) is 6.20. The summed E-state index contributed by atoms with van der Waals surface area (Å²) in [5.74, 6) is 1.57. The van der Waals surface area contributed by atoms with Crippen LogP contribution in [0.3, 0.4) is 0 Å². The van der Waals surface area contributed by atoms with E-state index in [2.05, 4.69) is 15.1 Å². The molecular weight excluding hydrogens is 188 g/mol. The molecule has 0 unspecified atom stereocenters. The van der Waals surface area contributed by atoms with Crippen molar-refractivity contribution in [1.29, 1.82) is 0 Å². The first-order valence-electron chi connectivity index (χ1n) is 4.09. The highest BCUT2D eigenvalue weighted by atomic mass is 35.5. The minimum absolute atomic E-state index is 0.469.